The van der Waals surface area contributed by atoms with Crippen LogP contribution in [0.2, 0.25) is 0 Å². The van der Waals surface area contributed by atoms with Crippen molar-refractivity contribution in [2.45, 2.75) is 51.4 Å². The highest BCUT2D eigenvalue weighted by molar-refractivity contribution is 7.17. The van der Waals surface area contributed by atoms with Gasteiger partial charge in [0.2, 0.25) is 11.8 Å². The van der Waals surface area contributed by atoms with Gasteiger partial charge in [-0.25, -0.2) is 4.98 Å². The number of hydrogen-bond donors (Lipinski definition) is 1. The Hall–Kier alpha value is -1.76. The molecule has 1 aromatic heterocycles. The van der Waals surface area contributed by atoms with E-state index in [-0.39, 0.29) is 35.9 Å². The van der Waals surface area contributed by atoms with E-state index in [1.165, 1.54) is 17.8 Å². The van der Waals surface area contributed by atoms with Crippen LogP contribution in [0.3, 0.4) is 0 Å². The molecular formula is C18H23N3O3S. The minimum Gasteiger partial charge on any atom is -0.342 e. The van der Waals surface area contributed by atoms with Crippen LogP contribution in [0, 0.1) is 11.8 Å². The largest absolute Gasteiger partial charge is 0.342 e. The van der Waals surface area contributed by atoms with Gasteiger partial charge in [-0.05, 0) is 32.1 Å². The molecule has 2 aliphatic carbocycles. The lowest BCUT2D eigenvalue weighted by Gasteiger charge is -2.31. The molecule has 25 heavy (non-hydrogen) atoms. The molecule has 0 unspecified atom stereocenters. The molecule has 6 nitrogen and oxygen atoms in total. The van der Waals surface area contributed by atoms with Gasteiger partial charge in [-0.3, -0.25) is 14.4 Å². The molecule has 2 heterocycles. The number of fused-ring (bicyclic) bond motifs is 1. The molecule has 0 radical (unpaired) electrons. The van der Waals surface area contributed by atoms with Crippen molar-refractivity contribution in [1.29, 1.82) is 0 Å². The third-order valence-corrected chi connectivity index (χ3v) is 6.60. The maximum absolute atomic E-state index is 12.7. The summed E-state index contributed by atoms with van der Waals surface area (Å²) < 4.78 is 0. The molecule has 0 aromatic carbocycles. The van der Waals surface area contributed by atoms with Crippen LogP contribution < -0.4 is 5.32 Å². The van der Waals surface area contributed by atoms with E-state index < -0.39 is 0 Å². The monoisotopic (exact) mass is 361 g/mol. The average Bonchev–Trinajstić information content (AvgIpc) is 2.96. The Bertz CT molecular complexity index is 704. The van der Waals surface area contributed by atoms with Crippen molar-refractivity contribution in [3.63, 3.8) is 0 Å². The Kier molecular flexibility index (Phi) is 4.58. The molecule has 1 aromatic rings. The number of rotatable bonds is 3. The number of carbonyl (C=O) groups excluding carboxylic acids is 3. The first-order valence-corrected chi connectivity index (χ1v) is 10.1. The van der Waals surface area contributed by atoms with Gasteiger partial charge in [-0.15, -0.1) is 0 Å². The summed E-state index contributed by atoms with van der Waals surface area (Å²) in [4.78, 5) is 44.2. The number of hydrogen-bond acceptors (Lipinski definition) is 5. The molecule has 0 bridgehead atoms. The molecule has 1 saturated heterocycles. The first-order valence-electron chi connectivity index (χ1n) is 9.24. The zero-order chi connectivity index (χ0) is 17.4. The molecule has 7 heteroatoms. The first kappa shape index (κ1) is 16.7. The molecule has 1 N–H and O–H groups in total. The van der Waals surface area contributed by atoms with Crippen LogP contribution in [-0.2, 0) is 16.0 Å². The second-order valence-electron chi connectivity index (χ2n) is 7.33. The lowest BCUT2D eigenvalue weighted by molar-refractivity contribution is -0.136. The van der Waals surface area contributed by atoms with Crippen LogP contribution in [-0.4, -0.2) is 40.6 Å². The van der Waals surface area contributed by atoms with Crippen molar-refractivity contribution in [1.82, 2.24) is 9.88 Å². The normalized spacial score (nSPS) is 23.8. The fourth-order valence-electron chi connectivity index (χ4n) is 3.81. The van der Waals surface area contributed by atoms with Gasteiger partial charge < -0.3 is 10.2 Å². The van der Waals surface area contributed by atoms with E-state index in [2.05, 4.69) is 10.3 Å². The third-order valence-electron chi connectivity index (χ3n) is 5.55. The highest BCUT2D eigenvalue weighted by atomic mass is 32.1. The zero-order valence-electron chi connectivity index (χ0n) is 14.3. The van der Waals surface area contributed by atoms with Gasteiger partial charge in [0.25, 0.3) is 0 Å². The van der Waals surface area contributed by atoms with Crippen molar-refractivity contribution in [2.24, 2.45) is 11.8 Å². The van der Waals surface area contributed by atoms with E-state index in [4.69, 9.17) is 0 Å². The van der Waals surface area contributed by atoms with Gasteiger partial charge in [0.1, 0.15) is 0 Å². The topological polar surface area (TPSA) is 79.4 Å². The Morgan fingerprint density at radius 1 is 1.04 bits per heavy atom. The van der Waals surface area contributed by atoms with Gasteiger partial charge in [-0.1, -0.05) is 17.8 Å². The highest BCUT2D eigenvalue weighted by Crippen LogP contribution is 2.34. The van der Waals surface area contributed by atoms with Crippen LogP contribution >= 0.6 is 11.3 Å². The summed E-state index contributed by atoms with van der Waals surface area (Å²) in [5, 5.41) is 3.35. The standard InChI is InChI=1S/C18H23N3O3S/c22-14-10-12(17(24)21-7-2-1-3-8-21)9-13-15(14)25-18(19-13)20-16(23)11-5-4-6-11/h11-12H,1-10H2,(H,19,20,23)/t12-/m1/s1. The number of piperidine rings is 1. The summed E-state index contributed by atoms with van der Waals surface area (Å²) in [6, 6.07) is 0. The van der Waals surface area contributed by atoms with Crippen LogP contribution in [0.5, 0.6) is 0 Å². The van der Waals surface area contributed by atoms with Crippen molar-refractivity contribution in [3.05, 3.63) is 10.6 Å². The number of aromatic nitrogens is 1. The highest BCUT2D eigenvalue weighted by Gasteiger charge is 2.36. The minimum atomic E-state index is -0.296. The van der Waals surface area contributed by atoms with E-state index in [1.807, 2.05) is 4.90 Å². The number of Topliss-reactive ketones (excluding diaryl/α,β-unsaturated/α-hetero) is 1. The maximum Gasteiger partial charge on any atom is 0.229 e. The summed E-state index contributed by atoms with van der Waals surface area (Å²) in [5.74, 6) is -0.129. The number of carbonyl (C=O) groups is 3. The third kappa shape index (κ3) is 3.34. The predicted molar refractivity (Wildman–Crippen MR) is 94.7 cm³/mol. The van der Waals surface area contributed by atoms with Gasteiger partial charge >= 0.3 is 0 Å². The minimum absolute atomic E-state index is 0.00531. The van der Waals surface area contributed by atoms with Crippen molar-refractivity contribution in [2.75, 3.05) is 18.4 Å². The number of ketones is 1. The molecule has 1 saturated carbocycles. The van der Waals surface area contributed by atoms with Crippen molar-refractivity contribution < 1.29 is 14.4 Å². The van der Waals surface area contributed by atoms with E-state index in [0.717, 1.165) is 45.2 Å². The van der Waals surface area contributed by atoms with Crippen LogP contribution in [0.4, 0.5) is 5.13 Å². The predicted octanol–water partition coefficient (Wildman–Crippen LogP) is 2.64. The number of amides is 2. The fraction of sp³-hybridized carbons (Fsp3) is 0.667. The zero-order valence-corrected chi connectivity index (χ0v) is 15.1. The smallest absolute Gasteiger partial charge is 0.229 e. The van der Waals surface area contributed by atoms with Crippen LogP contribution in [0.15, 0.2) is 0 Å². The van der Waals surface area contributed by atoms with Gasteiger partial charge in [0.15, 0.2) is 10.9 Å². The molecule has 1 aliphatic heterocycles. The lowest BCUT2D eigenvalue weighted by atomic mass is 9.85. The van der Waals surface area contributed by atoms with Crippen LogP contribution in [0.25, 0.3) is 0 Å². The van der Waals surface area contributed by atoms with E-state index in [9.17, 15) is 14.4 Å². The fourth-order valence-corrected chi connectivity index (χ4v) is 4.75. The maximum atomic E-state index is 12.7. The number of anilines is 1. The molecule has 4 rings (SSSR count). The summed E-state index contributed by atoms with van der Waals surface area (Å²) >= 11 is 1.26. The molecule has 2 fully saturated rings. The number of likely N-dealkylation sites (tertiary alicyclic amines) is 1. The summed E-state index contributed by atoms with van der Waals surface area (Å²) in [6.07, 6.45) is 7.01. The van der Waals surface area contributed by atoms with Crippen molar-refractivity contribution >= 4 is 34.1 Å². The number of nitrogens with one attached hydrogen (secondary N) is 1. The van der Waals surface area contributed by atoms with E-state index in [1.54, 1.807) is 0 Å². The second kappa shape index (κ2) is 6.86. The quantitative estimate of drug-likeness (QED) is 0.897. The van der Waals surface area contributed by atoms with E-state index in [0.29, 0.717) is 22.1 Å². The Balaban J connectivity index is 1.45. The second-order valence-corrected chi connectivity index (χ2v) is 8.33. The Labute approximate surface area is 151 Å². The number of nitrogens with zero attached hydrogens (tertiary/aromatic N) is 2. The summed E-state index contributed by atoms with van der Waals surface area (Å²) in [5.41, 5.74) is 0.681. The van der Waals surface area contributed by atoms with Crippen molar-refractivity contribution in [3.8, 4) is 0 Å². The molecule has 0 spiro atoms. The first-order chi connectivity index (χ1) is 12.1. The molecule has 134 valence electrons. The van der Waals surface area contributed by atoms with E-state index >= 15 is 0 Å². The average molecular weight is 361 g/mol. The number of thiazole rings is 1. The molecular weight excluding hydrogens is 338 g/mol. The Morgan fingerprint density at radius 2 is 1.80 bits per heavy atom. The SMILES string of the molecule is O=C1C[C@H](C(=O)N2CCCCC2)Cc2nc(NC(=O)C3CCC3)sc21. The van der Waals surface area contributed by atoms with Gasteiger partial charge in [0, 0.05) is 31.8 Å². The van der Waals surface area contributed by atoms with Crippen LogP contribution in [0.1, 0.15) is 60.3 Å². The molecule has 1 atom stereocenters. The molecule has 3 aliphatic rings. The summed E-state index contributed by atoms with van der Waals surface area (Å²) in [6.45, 7) is 1.60. The molecule has 2 amide bonds. The van der Waals surface area contributed by atoms with Gasteiger partial charge in [0.05, 0.1) is 16.5 Å². The summed E-state index contributed by atoms with van der Waals surface area (Å²) in [7, 11) is 0. The lowest BCUT2D eigenvalue weighted by Crippen LogP contribution is -2.42. The van der Waals surface area contributed by atoms with Gasteiger partial charge in [-0.2, -0.15) is 0 Å². The Morgan fingerprint density at radius 3 is 2.48 bits per heavy atom.